The number of rotatable bonds is 5. The Balaban J connectivity index is 1.60. The Kier molecular flexibility index (Phi) is 3.93. The molecule has 19 heavy (non-hydrogen) atoms. The van der Waals surface area contributed by atoms with Gasteiger partial charge in [0.1, 0.15) is 0 Å². The van der Waals surface area contributed by atoms with Crippen molar-refractivity contribution < 1.29 is 5.11 Å². The number of aromatic nitrogens is 2. The third-order valence-corrected chi connectivity index (χ3v) is 5.46. The number of nitrogens with zero attached hydrogens (tertiary/aromatic N) is 1. The number of H-pyrrole nitrogens is 1. The number of hydrogen-bond donors (Lipinski definition) is 3. The molecule has 1 aliphatic rings. The normalized spacial score (nSPS) is 23.0. The van der Waals surface area contributed by atoms with Crippen molar-refractivity contribution in [3.63, 3.8) is 0 Å². The van der Waals surface area contributed by atoms with Crippen LogP contribution in [0.25, 0.3) is 10.6 Å². The summed E-state index contributed by atoms with van der Waals surface area (Å²) in [5.74, 6) is 1.90. The van der Waals surface area contributed by atoms with Crippen molar-refractivity contribution in [3.05, 3.63) is 29.3 Å². The van der Waals surface area contributed by atoms with Crippen LogP contribution in [0.15, 0.2) is 23.7 Å². The zero-order valence-corrected chi connectivity index (χ0v) is 12.2. The van der Waals surface area contributed by atoms with Gasteiger partial charge >= 0.3 is 0 Å². The van der Waals surface area contributed by atoms with Crippen molar-refractivity contribution >= 4 is 23.1 Å². The molecule has 0 bridgehead atoms. The first-order valence-electron chi connectivity index (χ1n) is 6.34. The molecule has 0 saturated carbocycles. The van der Waals surface area contributed by atoms with E-state index in [0.29, 0.717) is 6.54 Å². The second-order valence-electron chi connectivity index (χ2n) is 4.88. The average Bonchev–Trinajstić information content (AvgIpc) is 3.09. The Hall–Kier alpha value is -0.820. The van der Waals surface area contributed by atoms with Gasteiger partial charge in [0.05, 0.1) is 22.4 Å². The fourth-order valence-corrected chi connectivity index (χ4v) is 4.30. The maximum absolute atomic E-state index is 10.3. The molecule has 0 aromatic carbocycles. The molecule has 1 fully saturated rings. The second-order valence-corrected chi connectivity index (χ2v) is 6.93. The summed E-state index contributed by atoms with van der Waals surface area (Å²) in [5.41, 5.74) is 1.70. The third-order valence-electron chi connectivity index (χ3n) is 3.34. The molecule has 0 radical (unpaired) electrons. The molecule has 1 saturated heterocycles. The molecule has 1 unspecified atom stereocenters. The summed E-state index contributed by atoms with van der Waals surface area (Å²) in [7, 11) is 0. The largest absolute Gasteiger partial charge is 0.388 e. The van der Waals surface area contributed by atoms with Crippen LogP contribution in [0.1, 0.15) is 12.0 Å². The minimum absolute atomic E-state index is 0.530. The summed E-state index contributed by atoms with van der Waals surface area (Å²) >= 11 is 3.52. The molecule has 102 valence electrons. The van der Waals surface area contributed by atoms with Crippen molar-refractivity contribution in [2.24, 2.45) is 0 Å². The number of hydrogen-bond acceptors (Lipinski definition) is 5. The van der Waals surface area contributed by atoms with E-state index in [1.807, 2.05) is 24.0 Å². The summed E-state index contributed by atoms with van der Waals surface area (Å²) in [5, 5.41) is 22.9. The van der Waals surface area contributed by atoms with Crippen LogP contribution >= 0.6 is 23.1 Å². The number of aliphatic hydroxyl groups is 1. The van der Waals surface area contributed by atoms with Crippen molar-refractivity contribution in [1.82, 2.24) is 15.5 Å². The lowest BCUT2D eigenvalue weighted by Gasteiger charge is -2.21. The molecule has 3 N–H and O–H groups in total. The summed E-state index contributed by atoms with van der Waals surface area (Å²) in [6, 6.07) is 4.12. The Morgan fingerprint density at radius 2 is 2.47 bits per heavy atom. The Labute approximate surface area is 120 Å². The first-order valence-corrected chi connectivity index (χ1v) is 8.37. The fourth-order valence-electron chi connectivity index (χ4n) is 2.25. The Bertz CT molecular complexity index is 518. The first kappa shape index (κ1) is 13.2. The molecular weight excluding hydrogens is 278 g/mol. The highest BCUT2D eigenvalue weighted by atomic mass is 32.2. The monoisotopic (exact) mass is 295 g/mol. The molecule has 0 spiro atoms. The minimum atomic E-state index is -0.530. The van der Waals surface area contributed by atoms with Gasteiger partial charge in [-0.15, -0.1) is 11.3 Å². The van der Waals surface area contributed by atoms with Gasteiger partial charge in [-0.05, 0) is 23.6 Å². The van der Waals surface area contributed by atoms with E-state index in [0.717, 1.165) is 35.7 Å². The molecule has 2 aromatic rings. The van der Waals surface area contributed by atoms with Crippen LogP contribution in [0.5, 0.6) is 0 Å². The highest BCUT2D eigenvalue weighted by Gasteiger charge is 2.31. The third kappa shape index (κ3) is 3.02. The van der Waals surface area contributed by atoms with E-state index in [1.165, 1.54) is 4.88 Å². The van der Waals surface area contributed by atoms with Gasteiger partial charge < -0.3 is 10.4 Å². The molecule has 2 aromatic heterocycles. The summed E-state index contributed by atoms with van der Waals surface area (Å²) in [6.07, 6.45) is 2.74. The van der Waals surface area contributed by atoms with E-state index in [-0.39, 0.29) is 0 Å². The minimum Gasteiger partial charge on any atom is -0.388 e. The highest BCUT2D eigenvalue weighted by molar-refractivity contribution is 7.99. The van der Waals surface area contributed by atoms with Crippen LogP contribution in [0.3, 0.4) is 0 Å². The number of thioether (sulfide) groups is 1. The van der Waals surface area contributed by atoms with Crippen LogP contribution in [-0.4, -0.2) is 39.0 Å². The zero-order chi connectivity index (χ0) is 13.1. The predicted octanol–water partition coefficient (Wildman–Crippen LogP) is 2.10. The number of thiophene rings is 1. The van der Waals surface area contributed by atoms with Crippen LogP contribution < -0.4 is 5.32 Å². The zero-order valence-electron chi connectivity index (χ0n) is 10.6. The van der Waals surface area contributed by atoms with E-state index in [4.69, 9.17) is 0 Å². The van der Waals surface area contributed by atoms with Crippen LogP contribution in [0.4, 0.5) is 0 Å². The Morgan fingerprint density at radius 3 is 3.21 bits per heavy atom. The molecule has 0 aliphatic carbocycles. The summed E-state index contributed by atoms with van der Waals surface area (Å²) in [4.78, 5) is 1.20. The van der Waals surface area contributed by atoms with E-state index in [1.54, 1.807) is 11.3 Å². The van der Waals surface area contributed by atoms with E-state index in [2.05, 4.69) is 27.0 Å². The highest BCUT2D eigenvalue weighted by Crippen LogP contribution is 2.28. The van der Waals surface area contributed by atoms with Crippen LogP contribution in [0.2, 0.25) is 0 Å². The summed E-state index contributed by atoms with van der Waals surface area (Å²) in [6.45, 7) is 1.38. The molecule has 0 amide bonds. The van der Waals surface area contributed by atoms with E-state index in [9.17, 15) is 5.11 Å². The van der Waals surface area contributed by atoms with Gasteiger partial charge in [0, 0.05) is 24.4 Å². The van der Waals surface area contributed by atoms with Gasteiger partial charge in [-0.25, -0.2) is 0 Å². The van der Waals surface area contributed by atoms with E-state index >= 15 is 0 Å². The molecule has 1 aliphatic heterocycles. The molecular formula is C13H17N3OS2. The predicted molar refractivity (Wildman–Crippen MR) is 80.5 cm³/mol. The molecule has 1 atom stereocenters. The lowest BCUT2D eigenvalue weighted by Crippen LogP contribution is -2.40. The van der Waals surface area contributed by atoms with Crippen molar-refractivity contribution in [2.45, 2.75) is 18.6 Å². The van der Waals surface area contributed by atoms with Crippen LogP contribution in [0, 0.1) is 0 Å². The van der Waals surface area contributed by atoms with Gasteiger partial charge in [0.15, 0.2) is 0 Å². The van der Waals surface area contributed by atoms with Gasteiger partial charge in [0.2, 0.25) is 0 Å². The fraction of sp³-hybridized carbons (Fsp3) is 0.462. The van der Waals surface area contributed by atoms with Gasteiger partial charge in [0.25, 0.3) is 0 Å². The van der Waals surface area contributed by atoms with Crippen LogP contribution in [-0.2, 0) is 6.54 Å². The quantitative estimate of drug-likeness (QED) is 0.790. The van der Waals surface area contributed by atoms with Crippen molar-refractivity contribution in [1.29, 1.82) is 0 Å². The number of nitrogens with one attached hydrogen (secondary N) is 2. The molecule has 6 heteroatoms. The lowest BCUT2D eigenvalue weighted by atomic mass is 10.0. The van der Waals surface area contributed by atoms with Gasteiger partial charge in [-0.2, -0.15) is 16.9 Å². The maximum Gasteiger partial charge on any atom is 0.0869 e. The van der Waals surface area contributed by atoms with Crippen molar-refractivity contribution in [2.75, 3.05) is 18.1 Å². The lowest BCUT2D eigenvalue weighted by molar-refractivity contribution is 0.0675. The van der Waals surface area contributed by atoms with E-state index < -0.39 is 5.60 Å². The standard InChI is InChI=1S/C13H17N3OS2/c17-13(3-5-18-9-13)8-14-6-10-7-15-16-12(10)11-2-1-4-19-11/h1-2,4,7,14,17H,3,5-6,8-9H2,(H,15,16). The molecule has 4 nitrogen and oxygen atoms in total. The smallest absolute Gasteiger partial charge is 0.0869 e. The molecule has 3 heterocycles. The summed E-state index contributed by atoms with van der Waals surface area (Å²) < 4.78 is 0. The average molecular weight is 295 g/mol. The maximum atomic E-state index is 10.3. The van der Waals surface area contributed by atoms with Gasteiger partial charge in [-0.3, -0.25) is 5.10 Å². The Morgan fingerprint density at radius 1 is 1.53 bits per heavy atom. The topological polar surface area (TPSA) is 60.9 Å². The number of aromatic amines is 1. The van der Waals surface area contributed by atoms with Gasteiger partial charge in [-0.1, -0.05) is 6.07 Å². The SMILES string of the molecule is OC1(CNCc2cn[nH]c2-c2cccs2)CCSC1. The van der Waals surface area contributed by atoms with Crippen molar-refractivity contribution in [3.8, 4) is 10.6 Å². The first-order chi connectivity index (χ1) is 9.27. The second kappa shape index (κ2) is 5.66. The molecule has 3 rings (SSSR count).